The van der Waals surface area contributed by atoms with Crippen molar-refractivity contribution in [1.29, 1.82) is 0 Å². The van der Waals surface area contributed by atoms with Crippen LogP contribution in [0.25, 0.3) is 0 Å². The summed E-state index contributed by atoms with van der Waals surface area (Å²) in [6.45, 7) is 4.85. The minimum atomic E-state index is -1.49. The molecule has 1 atom stereocenters. The van der Waals surface area contributed by atoms with E-state index in [1.165, 1.54) is 25.1 Å². The Balaban J connectivity index is 3.08. The van der Waals surface area contributed by atoms with Gasteiger partial charge in [0.1, 0.15) is 11.9 Å². The fourth-order valence-electron chi connectivity index (χ4n) is 1.86. The highest BCUT2D eigenvalue weighted by Gasteiger charge is 2.37. The second-order valence-corrected chi connectivity index (χ2v) is 4.44. The van der Waals surface area contributed by atoms with Crippen molar-refractivity contribution in [1.82, 2.24) is 0 Å². The van der Waals surface area contributed by atoms with Gasteiger partial charge in [-0.25, -0.2) is 4.39 Å². The van der Waals surface area contributed by atoms with Crippen molar-refractivity contribution in [3.8, 4) is 0 Å². The van der Waals surface area contributed by atoms with Crippen molar-refractivity contribution < 1.29 is 28.6 Å². The average Bonchev–Trinajstić information content (AvgIpc) is 2.42. The monoisotopic (exact) mass is 298 g/mol. The van der Waals surface area contributed by atoms with Crippen LogP contribution in [0.4, 0.5) is 4.39 Å². The standard InChI is InChI=1S/C15H19FO5/c1-4-20-14(18)12(15(19)21-5-2)13(17)10-6-7-11(16)9(3)8-10/h6-8,12-13,17H,4-5H2,1-3H3. The summed E-state index contributed by atoms with van der Waals surface area (Å²) < 4.78 is 22.8. The minimum Gasteiger partial charge on any atom is -0.465 e. The highest BCUT2D eigenvalue weighted by Crippen LogP contribution is 2.26. The van der Waals surface area contributed by atoms with Crippen LogP contribution in [0.2, 0.25) is 0 Å². The summed E-state index contributed by atoms with van der Waals surface area (Å²) in [6.07, 6.45) is -1.46. The molecule has 116 valence electrons. The summed E-state index contributed by atoms with van der Waals surface area (Å²) >= 11 is 0. The van der Waals surface area contributed by atoms with E-state index in [1.807, 2.05) is 0 Å². The van der Waals surface area contributed by atoms with E-state index in [0.717, 1.165) is 0 Å². The summed E-state index contributed by atoms with van der Waals surface area (Å²) in [5, 5.41) is 10.3. The number of aryl methyl sites for hydroxylation is 1. The molecule has 0 amide bonds. The summed E-state index contributed by atoms with van der Waals surface area (Å²) in [4.78, 5) is 23.7. The van der Waals surface area contributed by atoms with E-state index in [4.69, 9.17) is 9.47 Å². The van der Waals surface area contributed by atoms with Crippen molar-refractivity contribution in [2.24, 2.45) is 5.92 Å². The van der Waals surface area contributed by atoms with Crippen LogP contribution in [0.3, 0.4) is 0 Å². The van der Waals surface area contributed by atoms with Crippen LogP contribution in [0.1, 0.15) is 31.1 Å². The van der Waals surface area contributed by atoms with Crippen LogP contribution in [-0.4, -0.2) is 30.3 Å². The Morgan fingerprint density at radius 3 is 2.14 bits per heavy atom. The van der Waals surface area contributed by atoms with Crippen LogP contribution >= 0.6 is 0 Å². The summed E-state index contributed by atoms with van der Waals surface area (Å²) in [5.41, 5.74) is 0.554. The van der Waals surface area contributed by atoms with Gasteiger partial charge >= 0.3 is 11.9 Å². The number of benzene rings is 1. The van der Waals surface area contributed by atoms with E-state index in [9.17, 15) is 19.1 Å². The number of aliphatic hydroxyl groups is 1. The van der Waals surface area contributed by atoms with Gasteiger partial charge in [0, 0.05) is 0 Å². The first-order valence-electron chi connectivity index (χ1n) is 6.69. The molecule has 0 aliphatic heterocycles. The number of carbonyl (C=O) groups is 2. The number of ether oxygens (including phenoxy) is 2. The number of hydrogen-bond acceptors (Lipinski definition) is 5. The lowest BCUT2D eigenvalue weighted by atomic mass is 9.94. The number of carbonyl (C=O) groups excluding carboxylic acids is 2. The summed E-state index contributed by atoms with van der Waals surface area (Å²) in [7, 11) is 0. The van der Waals surface area contributed by atoms with Gasteiger partial charge in [0.25, 0.3) is 0 Å². The lowest BCUT2D eigenvalue weighted by Gasteiger charge is -2.20. The highest BCUT2D eigenvalue weighted by molar-refractivity contribution is 5.95. The number of halogens is 1. The van der Waals surface area contributed by atoms with Crippen molar-refractivity contribution in [3.05, 3.63) is 35.1 Å². The molecule has 0 heterocycles. The van der Waals surface area contributed by atoms with E-state index < -0.39 is 29.8 Å². The van der Waals surface area contributed by atoms with Gasteiger partial charge in [0.15, 0.2) is 5.92 Å². The average molecular weight is 298 g/mol. The molecule has 1 N–H and O–H groups in total. The fraction of sp³-hybridized carbons (Fsp3) is 0.467. The molecular weight excluding hydrogens is 279 g/mol. The SMILES string of the molecule is CCOC(=O)C(C(=O)OCC)C(O)c1ccc(F)c(C)c1. The normalized spacial score (nSPS) is 12.1. The maximum absolute atomic E-state index is 13.3. The zero-order chi connectivity index (χ0) is 16.0. The molecule has 0 saturated heterocycles. The van der Waals surface area contributed by atoms with Crippen LogP contribution < -0.4 is 0 Å². The molecule has 1 rings (SSSR count). The van der Waals surface area contributed by atoms with Gasteiger partial charge in [-0.3, -0.25) is 9.59 Å². The van der Waals surface area contributed by atoms with Crippen molar-refractivity contribution in [2.45, 2.75) is 26.9 Å². The Labute approximate surface area is 122 Å². The molecule has 0 spiro atoms. The van der Waals surface area contributed by atoms with E-state index in [-0.39, 0.29) is 18.8 Å². The predicted molar refractivity (Wildman–Crippen MR) is 72.9 cm³/mol. The van der Waals surface area contributed by atoms with Gasteiger partial charge in [-0.05, 0) is 38.0 Å². The number of rotatable bonds is 6. The largest absolute Gasteiger partial charge is 0.465 e. The molecule has 5 nitrogen and oxygen atoms in total. The third-order valence-corrected chi connectivity index (χ3v) is 2.92. The van der Waals surface area contributed by atoms with Crippen molar-refractivity contribution in [2.75, 3.05) is 13.2 Å². The number of esters is 2. The first-order chi connectivity index (χ1) is 9.92. The Hall–Kier alpha value is -1.95. The molecular formula is C15H19FO5. The van der Waals surface area contributed by atoms with Crippen LogP contribution in [0.5, 0.6) is 0 Å². The third-order valence-electron chi connectivity index (χ3n) is 2.92. The lowest BCUT2D eigenvalue weighted by Crippen LogP contribution is -2.33. The van der Waals surface area contributed by atoms with Gasteiger partial charge in [0.05, 0.1) is 13.2 Å². The first kappa shape index (κ1) is 17.1. The van der Waals surface area contributed by atoms with Crippen molar-refractivity contribution in [3.63, 3.8) is 0 Å². The smallest absolute Gasteiger partial charge is 0.323 e. The topological polar surface area (TPSA) is 72.8 Å². The molecule has 0 bridgehead atoms. The van der Waals surface area contributed by atoms with Crippen LogP contribution in [0.15, 0.2) is 18.2 Å². The maximum Gasteiger partial charge on any atom is 0.323 e. The zero-order valence-corrected chi connectivity index (χ0v) is 12.3. The second-order valence-electron chi connectivity index (χ2n) is 4.44. The molecule has 1 unspecified atom stereocenters. The number of hydrogen-bond donors (Lipinski definition) is 1. The maximum atomic E-state index is 13.3. The molecule has 0 radical (unpaired) electrons. The molecule has 0 fully saturated rings. The van der Waals surface area contributed by atoms with E-state index in [0.29, 0.717) is 5.56 Å². The Morgan fingerprint density at radius 1 is 1.19 bits per heavy atom. The Bertz CT molecular complexity index is 497. The minimum absolute atomic E-state index is 0.0733. The molecule has 0 aliphatic carbocycles. The molecule has 6 heteroatoms. The first-order valence-corrected chi connectivity index (χ1v) is 6.69. The van der Waals surface area contributed by atoms with Crippen LogP contribution in [-0.2, 0) is 19.1 Å². The Morgan fingerprint density at radius 2 is 1.71 bits per heavy atom. The predicted octanol–water partition coefficient (Wildman–Crippen LogP) is 1.91. The molecule has 0 aliphatic rings. The van der Waals surface area contributed by atoms with Gasteiger partial charge in [-0.15, -0.1) is 0 Å². The lowest BCUT2D eigenvalue weighted by molar-refractivity contribution is -0.167. The molecule has 0 saturated carbocycles. The molecule has 1 aromatic rings. The second kappa shape index (κ2) is 7.73. The van der Waals surface area contributed by atoms with Crippen molar-refractivity contribution >= 4 is 11.9 Å². The third kappa shape index (κ3) is 4.26. The number of aliphatic hydroxyl groups excluding tert-OH is 1. The van der Waals surface area contributed by atoms with Gasteiger partial charge in [0.2, 0.25) is 0 Å². The zero-order valence-electron chi connectivity index (χ0n) is 12.3. The molecule has 1 aromatic carbocycles. The fourth-order valence-corrected chi connectivity index (χ4v) is 1.86. The van der Waals surface area contributed by atoms with Gasteiger partial charge in [-0.1, -0.05) is 12.1 Å². The van der Waals surface area contributed by atoms with E-state index >= 15 is 0 Å². The van der Waals surface area contributed by atoms with E-state index in [2.05, 4.69) is 0 Å². The Kier molecular flexibility index (Phi) is 6.30. The van der Waals surface area contributed by atoms with Gasteiger partial charge in [-0.2, -0.15) is 0 Å². The van der Waals surface area contributed by atoms with Gasteiger partial charge < -0.3 is 14.6 Å². The van der Waals surface area contributed by atoms with Crippen LogP contribution in [0, 0.1) is 18.7 Å². The summed E-state index contributed by atoms with van der Waals surface area (Å²) in [5.74, 6) is -3.67. The highest BCUT2D eigenvalue weighted by atomic mass is 19.1. The molecule has 0 aromatic heterocycles. The summed E-state index contributed by atoms with van der Waals surface area (Å²) in [6, 6.07) is 3.87. The quantitative estimate of drug-likeness (QED) is 0.641. The van der Waals surface area contributed by atoms with E-state index in [1.54, 1.807) is 13.8 Å². The molecule has 21 heavy (non-hydrogen) atoms.